The number of hydrogen-bond donors (Lipinski definition) is 0. The van der Waals surface area contributed by atoms with Crippen LogP contribution in [0.4, 0.5) is 0 Å². The van der Waals surface area contributed by atoms with Gasteiger partial charge in [0.05, 0.1) is 17.7 Å². The Balaban J connectivity index is 3.08. The van der Waals surface area contributed by atoms with Gasteiger partial charge in [-0.1, -0.05) is 23.2 Å². The lowest BCUT2D eigenvalue weighted by molar-refractivity contribution is -0.147. The first kappa shape index (κ1) is 13.8. The number of hydrogen-bond acceptors (Lipinski definition) is 4. The molecule has 1 aromatic rings. The minimum Gasteiger partial charge on any atom is -0.477 e. The quantitative estimate of drug-likeness (QED) is 0.627. The fraction of sp³-hybridized carbons (Fsp3) is 0.273. The second-order valence-corrected chi connectivity index (χ2v) is 3.97. The highest BCUT2D eigenvalue weighted by Crippen LogP contribution is 2.35. The van der Waals surface area contributed by atoms with Gasteiger partial charge in [0, 0.05) is 0 Å². The van der Waals surface area contributed by atoms with E-state index in [1.165, 1.54) is 26.2 Å². The predicted molar refractivity (Wildman–Crippen MR) is 64.0 cm³/mol. The molecule has 0 N–H and O–H groups in total. The monoisotopic (exact) mass is 276 g/mol. The molecule has 0 aliphatic rings. The van der Waals surface area contributed by atoms with Crippen molar-refractivity contribution >= 4 is 35.5 Å². The van der Waals surface area contributed by atoms with E-state index >= 15 is 0 Å². The van der Waals surface area contributed by atoms with Crippen LogP contribution in [0.15, 0.2) is 12.1 Å². The summed E-state index contributed by atoms with van der Waals surface area (Å²) >= 11 is 11.7. The second-order valence-electron chi connectivity index (χ2n) is 3.18. The Morgan fingerprint density at radius 3 is 2.59 bits per heavy atom. The number of benzene rings is 1. The molecule has 0 spiro atoms. The lowest BCUT2D eigenvalue weighted by atomic mass is 10.2. The Bertz CT molecular complexity index is 445. The first-order valence-electron chi connectivity index (χ1n) is 4.69. The minimum absolute atomic E-state index is 0.0760. The summed E-state index contributed by atoms with van der Waals surface area (Å²) in [6, 6.07) is 2.93. The van der Waals surface area contributed by atoms with Gasteiger partial charge in [0.25, 0.3) is 0 Å². The first-order chi connectivity index (χ1) is 8.01. The number of ether oxygens (including phenoxy) is 2. The minimum atomic E-state index is -0.880. The highest BCUT2D eigenvalue weighted by Gasteiger charge is 2.20. The number of carbonyl (C=O) groups is 2. The number of aldehydes is 1. The van der Waals surface area contributed by atoms with E-state index in [-0.39, 0.29) is 21.4 Å². The molecule has 0 saturated heterocycles. The van der Waals surface area contributed by atoms with Crippen molar-refractivity contribution in [1.29, 1.82) is 0 Å². The smallest absolute Gasteiger partial charge is 0.346 e. The zero-order valence-electron chi connectivity index (χ0n) is 9.20. The van der Waals surface area contributed by atoms with Gasteiger partial charge in [-0.2, -0.15) is 0 Å². The van der Waals surface area contributed by atoms with Crippen LogP contribution in [-0.4, -0.2) is 25.5 Å². The number of carbonyl (C=O) groups excluding carboxylic acids is 2. The van der Waals surface area contributed by atoms with E-state index in [2.05, 4.69) is 4.74 Å². The van der Waals surface area contributed by atoms with Gasteiger partial charge >= 0.3 is 5.97 Å². The molecule has 17 heavy (non-hydrogen) atoms. The van der Waals surface area contributed by atoms with Crippen molar-refractivity contribution in [2.24, 2.45) is 0 Å². The predicted octanol–water partition coefficient (Wildman–Crippen LogP) is 2.75. The summed E-state index contributed by atoms with van der Waals surface area (Å²) in [7, 11) is 1.24. The van der Waals surface area contributed by atoms with E-state index in [1.54, 1.807) is 0 Å². The van der Waals surface area contributed by atoms with Crippen molar-refractivity contribution in [2.45, 2.75) is 13.0 Å². The maximum atomic E-state index is 11.2. The van der Waals surface area contributed by atoms with Crippen molar-refractivity contribution in [1.82, 2.24) is 0 Å². The van der Waals surface area contributed by atoms with Crippen LogP contribution in [0.25, 0.3) is 0 Å². The van der Waals surface area contributed by atoms with Gasteiger partial charge in [0.1, 0.15) is 5.02 Å². The van der Waals surface area contributed by atoms with E-state index in [1.807, 2.05) is 0 Å². The number of rotatable bonds is 4. The lowest BCUT2D eigenvalue weighted by Gasteiger charge is -2.15. The summed E-state index contributed by atoms with van der Waals surface area (Å²) in [6.07, 6.45) is -0.309. The molecule has 1 aromatic carbocycles. The maximum Gasteiger partial charge on any atom is 0.346 e. The average Bonchev–Trinajstić information content (AvgIpc) is 2.34. The van der Waals surface area contributed by atoms with Gasteiger partial charge in [-0.05, 0) is 19.1 Å². The van der Waals surface area contributed by atoms with Gasteiger partial charge < -0.3 is 9.47 Å². The molecule has 0 amide bonds. The maximum absolute atomic E-state index is 11.2. The molecule has 92 valence electrons. The largest absolute Gasteiger partial charge is 0.477 e. The first-order valence-corrected chi connectivity index (χ1v) is 5.44. The molecule has 0 saturated carbocycles. The zero-order valence-corrected chi connectivity index (χ0v) is 10.7. The third-order valence-electron chi connectivity index (χ3n) is 2.04. The molecule has 0 radical (unpaired) electrons. The van der Waals surface area contributed by atoms with Gasteiger partial charge in [0.2, 0.25) is 0 Å². The van der Waals surface area contributed by atoms with Crippen molar-refractivity contribution < 1.29 is 19.1 Å². The molecule has 1 atom stereocenters. The second kappa shape index (κ2) is 5.89. The summed E-state index contributed by atoms with van der Waals surface area (Å²) in [5.74, 6) is -0.495. The topological polar surface area (TPSA) is 52.6 Å². The highest BCUT2D eigenvalue weighted by molar-refractivity contribution is 6.43. The SMILES string of the molecule is COC(=O)C(C)Oc1c(C=O)ccc(Cl)c1Cl. The molecule has 6 heteroatoms. The fourth-order valence-corrected chi connectivity index (χ4v) is 1.52. The van der Waals surface area contributed by atoms with Crippen molar-refractivity contribution in [3.63, 3.8) is 0 Å². The van der Waals surface area contributed by atoms with Crippen LogP contribution in [0.5, 0.6) is 5.75 Å². The molecule has 0 fully saturated rings. The molecule has 0 aliphatic heterocycles. The fourth-order valence-electron chi connectivity index (χ4n) is 1.15. The average molecular weight is 277 g/mol. The van der Waals surface area contributed by atoms with Crippen LogP contribution in [0.1, 0.15) is 17.3 Å². The van der Waals surface area contributed by atoms with Crippen LogP contribution in [-0.2, 0) is 9.53 Å². The lowest BCUT2D eigenvalue weighted by Crippen LogP contribution is -2.25. The molecular formula is C11H10Cl2O4. The van der Waals surface area contributed by atoms with Crippen molar-refractivity contribution in [2.75, 3.05) is 7.11 Å². The molecule has 0 aromatic heterocycles. The Morgan fingerprint density at radius 1 is 1.41 bits per heavy atom. The van der Waals surface area contributed by atoms with Gasteiger partial charge in [-0.25, -0.2) is 4.79 Å². The van der Waals surface area contributed by atoms with E-state index < -0.39 is 12.1 Å². The van der Waals surface area contributed by atoms with Crippen LogP contribution in [0.3, 0.4) is 0 Å². The molecule has 0 heterocycles. The normalized spacial score (nSPS) is 11.8. The Labute approximate surface area is 108 Å². The zero-order chi connectivity index (χ0) is 13.0. The Kier molecular flexibility index (Phi) is 4.78. The van der Waals surface area contributed by atoms with Crippen molar-refractivity contribution in [3.8, 4) is 5.75 Å². The summed E-state index contributed by atoms with van der Waals surface area (Å²) in [5.41, 5.74) is 0.218. The molecule has 0 aliphatic carbocycles. The third kappa shape index (κ3) is 3.11. The molecule has 1 rings (SSSR count). The molecule has 0 bridgehead atoms. The molecular weight excluding hydrogens is 267 g/mol. The van der Waals surface area contributed by atoms with E-state index in [0.29, 0.717) is 6.29 Å². The molecule has 1 unspecified atom stereocenters. The summed E-state index contributed by atoms with van der Waals surface area (Å²) < 4.78 is 9.78. The van der Waals surface area contributed by atoms with Gasteiger partial charge in [0.15, 0.2) is 18.1 Å². The van der Waals surface area contributed by atoms with Crippen LogP contribution < -0.4 is 4.74 Å². The van der Waals surface area contributed by atoms with Crippen LogP contribution in [0, 0.1) is 0 Å². The summed E-state index contributed by atoms with van der Waals surface area (Å²) in [6.45, 7) is 1.48. The number of esters is 1. The van der Waals surface area contributed by atoms with Gasteiger partial charge in [-0.15, -0.1) is 0 Å². The molecule has 4 nitrogen and oxygen atoms in total. The number of halogens is 2. The van der Waals surface area contributed by atoms with Gasteiger partial charge in [-0.3, -0.25) is 4.79 Å². The number of methoxy groups -OCH3 is 1. The van der Waals surface area contributed by atoms with Crippen LogP contribution in [0.2, 0.25) is 10.0 Å². The van der Waals surface area contributed by atoms with E-state index in [4.69, 9.17) is 27.9 Å². The van der Waals surface area contributed by atoms with E-state index in [0.717, 1.165) is 0 Å². The van der Waals surface area contributed by atoms with E-state index in [9.17, 15) is 9.59 Å². The Morgan fingerprint density at radius 2 is 2.06 bits per heavy atom. The van der Waals surface area contributed by atoms with Crippen LogP contribution >= 0.6 is 23.2 Å². The summed E-state index contributed by atoms with van der Waals surface area (Å²) in [5, 5.41) is 0.330. The van der Waals surface area contributed by atoms with Crippen molar-refractivity contribution in [3.05, 3.63) is 27.7 Å². The summed E-state index contributed by atoms with van der Waals surface area (Å²) in [4.78, 5) is 22.0. The standard InChI is InChI=1S/C11H10Cl2O4/c1-6(11(15)16-2)17-10-7(5-14)3-4-8(12)9(10)13/h3-6H,1-2H3. The highest BCUT2D eigenvalue weighted by atomic mass is 35.5. The third-order valence-corrected chi connectivity index (χ3v) is 2.82. The Hall–Kier alpha value is -1.26.